The Morgan fingerprint density at radius 2 is 2.00 bits per heavy atom. The molecule has 0 aromatic carbocycles. The number of nitrogens with one attached hydrogen (secondary N) is 1. The predicted octanol–water partition coefficient (Wildman–Crippen LogP) is 1.19. The number of aromatic amines is 1. The van der Waals surface area contributed by atoms with Crippen LogP contribution < -0.4 is 11.2 Å². The van der Waals surface area contributed by atoms with Crippen LogP contribution in [0.25, 0.3) is 0 Å². The standard InChI is InChI=1S/C13H22N2O4/c1-6-11(9(3)18-5)19-10(4)15-7-8(2)12(16)14-13(15)17/h7,9-11H,6H2,1-5H3,(H,14,16,17)/t9-,10?,11-/m1/s1. The highest BCUT2D eigenvalue weighted by atomic mass is 16.5. The number of hydrogen-bond donors (Lipinski definition) is 1. The van der Waals surface area contributed by atoms with Gasteiger partial charge in [0.05, 0.1) is 12.2 Å². The average Bonchev–Trinajstić information content (AvgIpc) is 2.38. The van der Waals surface area contributed by atoms with Gasteiger partial charge in [-0.15, -0.1) is 0 Å². The van der Waals surface area contributed by atoms with Crippen molar-refractivity contribution in [3.63, 3.8) is 0 Å². The molecule has 3 atom stereocenters. The zero-order chi connectivity index (χ0) is 14.6. The van der Waals surface area contributed by atoms with E-state index in [0.29, 0.717) is 5.56 Å². The first-order valence-electron chi connectivity index (χ1n) is 6.41. The van der Waals surface area contributed by atoms with E-state index in [1.165, 1.54) is 10.8 Å². The second-order valence-corrected chi connectivity index (χ2v) is 4.60. The number of aryl methyl sites for hydroxylation is 1. The minimum Gasteiger partial charge on any atom is -0.379 e. The summed E-state index contributed by atoms with van der Waals surface area (Å²) in [7, 11) is 1.62. The molecule has 0 saturated carbocycles. The van der Waals surface area contributed by atoms with Crippen LogP contribution in [0.3, 0.4) is 0 Å². The fourth-order valence-electron chi connectivity index (χ4n) is 1.87. The SMILES string of the molecule is CC[C@@H](OC(C)n1cc(C)c(=O)[nH]c1=O)[C@@H](C)OC. The average molecular weight is 270 g/mol. The number of nitrogens with zero attached hydrogens (tertiary/aromatic N) is 1. The van der Waals surface area contributed by atoms with Gasteiger partial charge in [-0.3, -0.25) is 14.3 Å². The summed E-state index contributed by atoms with van der Waals surface area (Å²) >= 11 is 0. The van der Waals surface area contributed by atoms with Crippen molar-refractivity contribution < 1.29 is 9.47 Å². The summed E-state index contributed by atoms with van der Waals surface area (Å²) in [4.78, 5) is 25.3. The van der Waals surface area contributed by atoms with Crippen molar-refractivity contribution in [2.24, 2.45) is 0 Å². The van der Waals surface area contributed by atoms with E-state index in [1.807, 2.05) is 13.8 Å². The van der Waals surface area contributed by atoms with Crippen LogP contribution in [-0.4, -0.2) is 28.9 Å². The molecule has 1 N–H and O–H groups in total. The van der Waals surface area contributed by atoms with Crippen molar-refractivity contribution >= 4 is 0 Å². The zero-order valence-corrected chi connectivity index (χ0v) is 12.1. The van der Waals surface area contributed by atoms with Gasteiger partial charge >= 0.3 is 5.69 Å². The molecular formula is C13H22N2O4. The van der Waals surface area contributed by atoms with Crippen LogP contribution in [-0.2, 0) is 9.47 Å². The van der Waals surface area contributed by atoms with Crippen molar-refractivity contribution in [3.05, 3.63) is 32.6 Å². The molecule has 19 heavy (non-hydrogen) atoms. The van der Waals surface area contributed by atoms with Gasteiger partial charge in [0, 0.05) is 18.9 Å². The van der Waals surface area contributed by atoms with Crippen molar-refractivity contribution in [3.8, 4) is 0 Å². The molecule has 0 bridgehead atoms. The van der Waals surface area contributed by atoms with Gasteiger partial charge in [0.2, 0.25) is 0 Å². The fourth-order valence-corrected chi connectivity index (χ4v) is 1.87. The van der Waals surface area contributed by atoms with Crippen LogP contribution >= 0.6 is 0 Å². The van der Waals surface area contributed by atoms with Crippen molar-refractivity contribution in [1.82, 2.24) is 9.55 Å². The highest BCUT2D eigenvalue weighted by Gasteiger charge is 2.20. The van der Waals surface area contributed by atoms with Crippen LogP contribution in [0.4, 0.5) is 0 Å². The Bertz CT molecular complexity index is 520. The summed E-state index contributed by atoms with van der Waals surface area (Å²) in [5.74, 6) is 0. The quantitative estimate of drug-likeness (QED) is 0.842. The number of H-pyrrole nitrogens is 1. The summed E-state index contributed by atoms with van der Waals surface area (Å²) < 4.78 is 12.4. The van der Waals surface area contributed by atoms with E-state index in [4.69, 9.17) is 9.47 Å². The maximum atomic E-state index is 11.7. The second-order valence-electron chi connectivity index (χ2n) is 4.60. The first-order valence-corrected chi connectivity index (χ1v) is 6.41. The van der Waals surface area contributed by atoms with E-state index >= 15 is 0 Å². The van der Waals surface area contributed by atoms with Crippen LogP contribution in [0.1, 0.15) is 39.0 Å². The maximum absolute atomic E-state index is 11.7. The molecule has 0 radical (unpaired) electrons. The Balaban J connectivity index is 2.95. The summed E-state index contributed by atoms with van der Waals surface area (Å²) in [5, 5.41) is 0. The lowest BCUT2D eigenvalue weighted by Crippen LogP contribution is -2.36. The van der Waals surface area contributed by atoms with Gasteiger partial charge in [-0.05, 0) is 27.2 Å². The van der Waals surface area contributed by atoms with E-state index in [-0.39, 0.29) is 17.8 Å². The second kappa shape index (κ2) is 6.68. The molecular weight excluding hydrogens is 248 g/mol. The van der Waals surface area contributed by atoms with E-state index in [2.05, 4.69) is 4.98 Å². The lowest BCUT2D eigenvalue weighted by molar-refractivity contribution is -0.105. The van der Waals surface area contributed by atoms with Gasteiger partial charge in [-0.1, -0.05) is 6.92 Å². The topological polar surface area (TPSA) is 73.3 Å². The van der Waals surface area contributed by atoms with Gasteiger partial charge in [-0.25, -0.2) is 4.79 Å². The lowest BCUT2D eigenvalue weighted by Gasteiger charge is -2.26. The van der Waals surface area contributed by atoms with E-state index in [9.17, 15) is 9.59 Å². The molecule has 0 aliphatic rings. The molecule has 0 spiro atoms. The Labute approximate surface area is 112 Å². The third kappa shape index (κ3) is 3.78. The number of aromatic nitrogens is 2. The van der Waals surface area contributed by atoms with Crippen molar-refractivity contribution in [1.29, 1.82) is 0 Å². The molecule has 1 aromatic rings. The summed E-state index contributed by atoms with van der Waals surface area (Å²) in [6, 6.07) is 0. The highest BCUT2D eigenvalue weighted by Crippen LogP contribution is 2.15. The molecule has 1 unspecified atom stereocenters. The molecule has 0 amide bonds. The number of hydrogen-bond acceptors (Lipinski definition) is 4. The molecule has 1 heterocycles. The molecule has 1 aromatic heterocycles. The molecule has 6 heteroatoms. The molecule has 0 aliphatic heterocycles. The van der Waals surface area contributed by atoms with Gasteiger partial charge in [-0.2, -0.15) is 0 Å². The van der Waals surface area contributed by atoms with Crippen molar-refractivity contribution in [2.75, 3.05) is 7.11 Å². The maximum Gasteiger partial charge on any atom is 0.330 e. The normalized spacial score (nSPS) is 16.1. The monoisotopic (exact) mass is 270 g/mol. The van der Waals surface area contributed by atoms with Crippen LogP contribution in [0.2, 0.25) is 0 Å². The molecule has 0 saturated heterocycles. The Hall–Kier alpha value is -1.40. The molecule has 6 nitrogen and oxygen atoms in total. The Kier molecular flexibility index (Phi) is 5.50. The molecule has 1 rings (SSSR count). The van der Waals surface area contributed by atoms with Gasteiger partial charge in [0.15, 0.2) is 0 Å². The van der Waals surface area contributed by atoms with Gasteiger partial charge in [0.25, 0.3) is 5.56 Å². The first kappa shape index (κ1) is 15.7. The zero-order valence-electron chi connectivity index (χ0n) is 12.1. The third-order valence-corrected chi connectivity index (χ3v) is 3.21. The number of methoxy groups -OCH3 is 1. The molecule has 0 aliphatic carbocycles. The van der Waals surface area contributed by atoms with E-state index in [1.54, 1.807) is 21.0 Å². The van der Waals surface area contributed by atoms with Crippen LogP contribution in [0, 0.1) is 6.92 Å². The highest BCUT2D eigenvalue weighted by molar-refractivity contribution is 5.01. The van der Waals surface area contributed by atoms with Gasteiger partial charge in [0.1, 0.15) is 6.23 Å². The number of ether oxygens (including phenoxy) is 2. The van der Waals surface area contributed by atoms with Crippen LogP contribution in [0.15, 0.2) is 15.8 Å². The summed E-state index contributed by atoms with van der Waals surface area (Å²) in [6.45, 7) is 7.33. The predicted molar refractivity (Wildman–Crippen MR) is 72.4 cm³/mol. The minimum atomic E-state index is -0.469. The first-order chi connectivity index (χ1) is 8.90. The minimum absolute atomic E-state index is 0.0630. The Morgan fingerprint density at radius 3 is 2.53 bits per heavy atom. The molecule has 0 fully saturated rings. The smallest absolute Gasteiger partial charge is 0.330 e. The summed E-state index contributed by atoms with van der Waals surface area (Å²) in [6.07, 6.45) is 1.64. The molecule has 108 valence electrons. The number of rotatable bonds is 6. The van der Waals surface area contributed by atoms with Gasteiger partial charge < -0.3 is 9.47 Å². The summed E-state index contributed by atoms with van der Waals surface area (Å²) in [5.41, 5.74) is -0.364. The van der Waals surface area contributed by atoms with E-state index < -0.39 is 11.9 Å². The van der Waals surface area contributed by atoms with Crippen LogP contribution in [0.5, 0.6) is 0 Å². The fraction of sp³-hybridized carbons (Fsp3) is 0.692. The lowest BCUT2D eigenvalue weighted by atomic mass is 10.2. The third-order valence-electron chi connectivity index (χ3n) is 3.21. The van der Waals surface area contributed by atoms with Crippen molar-refractivity contribution in [2.45, 2.75) is 52.6 Å². The largest absolute Gasteiger partial charge is 0.379 e. The Morgan fingerprint density at radius 1 is 1.37 bits per heavy atom. The van der Waals surface area contributed by atoms with E-state index in [0.717, 1.165) is 6.42 Å².